The van der Waals surface area contributed by atoms with Crippen LogP contribution in [0.15, 0.2) is 18.2 Å². The fourth-order valence-corrected chi connectivity index (χ4v) is 2.64. The molecule has 0 saturated heterocycles. The van der Waals surface area contributed by atoms with Gasteiger partial charge in [0.25, 0.3) is 0 Å². The Bertz CT molecular complexity index is 422. The molecule has 1 atom stereocenters. The van der Waals surface area contributed by atoms with E-state index in [1.54, 1.807) is 7.11 Å². The number of methoxy groups -OCH3 is 1. The molecule has 1 aromatic carbocycles. The van der Waals surface area contributed by atoms with Crippen LogP contribution in [0.1, 0.15) is 24.5 Å². The van der Waals surface area contributed by atoms with E-state index in [2.05, 4.69) is 30.4 Å². The Hall–Kier alpha value is -1.10. The van der Waals surface area contributed by atoms with E-state index in [-0.39, 0.29) is 0 Å². The van der Waals surface area contributed by atoms with E-state index < -0.39 is 0 Å². The lowest BCUT2D eigenvalue weighted by molar-refractivity contribution is 0.0578. The summed E-state index contributed by atoms with van der Waals surface area (Å²) in [4.78, 5) is 0. The molecule has 118 valence electrons. The van der Waals surface area contributed by atoms with Crippen LogP contribution in [-0.4, -0.2) is 46.1 Å². The number of likely N-dealkylation sites (N-methyl/N-ethyl adjacent to an activating group) is 1. The van der Waals surface area contributed by atoms with Crippen LogP contribution in [0.2, 0.25) is 0 Å². The lowest BCUT2D eigenvalue weighted by Crippen LogP contribution is -2.34. The van der Waals surface area contributed by atoms with Crippen LogP contribution in [0.5, 0.6) is 5.75 Å². The van der Waals surface area contributed by atoms with Crippen LogP contribution < -0.4 is 10.1 Å². The summed E-state index contributed by atoms with van der Waals surface area (Å²) in [6, 6.07) is 6.97. The molecule has 4 nitrogen and oxygen atoms in total. The first kappa shape index (κ1) is 16.3. The van der Waals surface area contributed by atoms with Crippen molar-refractivity contribution in [3.05, 3.63) is 29.3 Å². The van der Waals surface area contributed by atoms with E-state index in [1.807, 2.05) is 0 Å². The maximum Gasteiger partial charge on any atom is 0.122 e. The highest BCUT2D eigenvalue weighted by Gasteiger charge is 2.13. The smallest absolute Gasteiger partial charge is 0.122 e. The molecular weight excluding hydrogens is 266 g/mol. The molecule has 0 aromatic heterocycles. The molecule has 0 bridgehead atoms. The molecule has 1 heterocycles. The Morgan fingerprint density at radius 3 is 3.05 bits per heavy atom. The number of nitrogens with one attached hydrogen (secondary N) is 1. The highest BCUT2D eigenvalue weighted by molar-refractivity contribution is 5.39. The van der Waals surface area contributed by atoms with Crippen molar-refractivity contribution in [1.29, 1.82) is 0 Å². The monoisotopic (exact) mass is 293 g/mol. The Balaban J connectivity index is 1.77. The van der Waals surface area contributed by atoms with Crippen molar-refractivity contribution in [3.63, 3.8) is 0 Å². The van der Waals surface area contributed by atoms with Gasteiger partial charge in [-0.25, -0.2) is 0 Å². The van der Waals surface area contributed by atoms with Crippen molar-refractivity contribution >= 4 is 0 Å². The molecule has 2 rings (SSSR count). The van der Waals surface area contributed by atoms with Crippen LogP contribution in [0.3, 0.4) is 0 Å². The lowest BCUT2D eigenvalue weighted by atomic mass is 10.0. The van der Waals surface area contributed by atoms with Gasteiger partial charge in [-0.2, -0.15) is 0 Å². The predicted molar refractivity (Wildman–Crippen MR) is 84.1 cm³/mol. The molecule has 4 heteroatoms. The first-order valence-corrected chi connectivity index (χ1v) is 7.88. The van der Waals surface area contributed by atoms with Gasteiger partial charge in [0.15, 0.2) is 0 Å². The summed E-state index contributed by atoms with van der Waals surface area (Å²) in [6.07, 6.45) is 3.19. The van der Waals surface area contributed by atoms with E-state index in [9.17, 15) is 0 Å². The van der Waals surface area contributed by atoms with Crippen molar-refractivity contribution in [2.24, 2.45) is 0 Å². The molecule has 0 amide bonds. The molecule has 0 radical (unpaired) electrons. The van der Waals surface area contributed by atoms with E-state index in [4.69, 9.17) is 14.2 Å². The third-order valence-electron chi connectivity index (χ3n) is 3.78. The number of aryl methyl sites for hydroxylation is 1. The molecule has 0 spiro atoms. The number of rotatable bonds is 10. The predicted octanol–water partition coefficient (Wildman–Crippen LogP) is 2.20. The van der Waals surface area contributed by atoms with Gasteiger partial charge in [0.1, 0.15) is 5.75 Å². The summed E-state index contributed by atoms with van der Waals surface area (Å²) < 4.78 is 16.2. The molecule has 1 aromatic rings. The average molecular weight is 293 g/mol. The zero-order valence-corrected chi connectivity index (χ0v) is 13.2. The van der Waals surface area contributed by atoms with Crippen molar-refractivity contribution in [2.75, 3.05) is 40.1 Å². The second kappa shape index (κ2) is 9.03. The van der Waals surface area contributed by atoms with Crippen molar-refractivity contribution < 1.29 is 14.2 Å². The molecule has 0 saturated carbocycles. The SMILES string of the molecule is CCNC(CCc1ccc2c(c1)CCO2)COCCOC. The van der Waals surface area contributed by atoms with Gasteiger partial charge < -0.3 is 19.5 Å². The summed E-state index contributed by atoms with van der Waals surface area (Å²) in [5.74, 6) is 1.06. The highest BCUT2D eigenvalue weighted by atomic mass is 16.5. The van der Waals surface area contributed by atoms with Crippen LogP contribution in [0.4, 0.5) is 0 Å². The van der Waals surface area contributed by atoms with Crippen LogP contribution in [-0.2, 0) is 22.3 Å². The van der Waals surface area contributed by atoms with Crippen molar-refractivity contribution in [1.82, 2.24) is 5.32 Å². The standard InChI is InChI=1S/C17H27NO3/c1-3-18-16(13-20-11-10-19-2)6-4-14-5-7-17-15(12-14)8-9-21-17/h5,7,12,16,18H,3-4,6,8-11,13H2,1-2H3. The Morgan fingerprint density at radius 1 is 1.33 bits per heavy atom. The second-order valence-corrected chi connectivity index (χ2v) is 5.40. The third kappa shape index (κ3) is 5.30. The first-order chi connectivity index (χ1) is 10.3. The quantitative estimate of drug-likeness (QED) is 0.671. The van der Waals surface area contributed by atoms with Gasteiger partial charge in [0, 0.05) is 19.6 Å². The number of hydrogen-bond acceptors (Lipinski definition) is 4. The number of benzene rings is 1. The van der Waals surface area contributed by atoms with Gasteiger partial charge in [0.2, 0.25) is 0 Å². The van der Waals surface area contributed by atoms with Crippen molar-refractivity contribution in [3.8, 4) is 5.75 Å². The number of ether oxygens (including phenoxy) is 3. The number of fused-ring (bicyclic) bond motifs is 1. The van der Waals surface area contributed by atoms with Gasteiger partial charge in [0.05, 0.1) is 26.4 Å². The summed E-state index contributed by atoms with van der Waals surface area (Å²) in [7, 11) is 1.70. The van der Waals surface area contributed by atoms with Crippen LogP contribution >= 0.6 is 0 Å². The summed E-state index contributed by atoms with van der Waals surface area (Å²) in [5, 5.41) is 3.49. The molecule has 1 aliphatic rings. The maximum atomic E-state index is 5.64. The van der Waals surface area contributed by atoms with E-state index in [1.165, 1.54) is 11.1 Å². The van der Waals surface area contributed by atoms with E-state index in [0.717, 1.165) is 44.8 Å². The molecule has 0 aliphatic carbocycles. The van der Waals surface area contributed by atoms with Crippen molar-refractivity contribution in [2.45, 2.75) is 32.2 Å². The zero-order chi connectivity index (χ0) is 14.9. The Kier molecular flexibility index (Phi) is 7.00. The zero-order valence-electron chi connectivity index (χ0n) is 13.2. The second-order valence-electron chi connectivity index (χ2n) is 5.40. The first-order valence-electron chi connectivity index (χ1n) is 7.88. The molecule has 0 fully saturated rings. The van der Waals surface area contributed by atoms with Gasteiger partial charge in [-0.15, -0.1) is 0 Å². The Labute approximate surface area is 127 Å². The Morgan fingerprint density at radius 2 is 2.24 bits per heavy atom. The van der Waals surface area contributed by atoms with E-state index >= 15 is 0 Å². The van der Waals surface area contributed by atoms with Gasteiger partial charge >= 0.3 is 0 Å². The molecule has 1 aliphatic heterocycles. The largest absolute Gasteiger partial charge is 0.493 e. The number of hydrogen-bond donors (Lipinski definition) is 1. The van der Waals surface area contributed by atoms with Gasteiger partial charge in [-0.05, 0) is 36.6 Å². The summed E-state index contributed by atoms with van der Waals surface area (Å²) >= 11 is 0. The lowest BCUT2D eigenvalue weighted by Gasteiger charge is -2.18. The molecular formula is C17H27NO3. The third-order valence-corrected chi connectivity index (χ3v) is 3.78. The minimum atomic E-state index is 0.399. The average Bonchev–Trinajstić information content (AvgIpc) is 2.96. The maximum absolute atomic E-state index is 5.64. The normalized spacial score (nSPS) is 14.8. The minimum absolute atomic E-state index is 0.399. The molecule has 1 unspecified atom stereocenters. The molecule has 21 heavy (non-hydrogen) atoms. The van der Waals surface area contributed by atoms with Gasteiger partial charge in [-0.3, -0.25) is 0 Å². The topological polar surface area (TPSA) is 39.7 Å². The summed E-state index contributed by atoms with van der Waals surface area (Å²) in [6.45, 7) is 5.99. The highest BCUT2D eigenvalue weighted by Crippen LogP contribution is 2.26. The summed E-state index contributed by atoms with van der Waals surface area (Å²) in [5.41, 5.74) is 2.74. The van der Waals surface area contributed by atoms with Crippen LogP contribution in [0, 0.1) is 0 Å². The minimum Gasteiger partial charge on any atom is -0.493 e. The van der Waals surface area contributed by atoms with E-state index in [0.29, 0.717) is 19.3 Å². The fraction of sp³-hybridized carbons (Fsp3) is 0.647. The fourth-order valence-electron chi connectivity index (χ4n) is 2.64. The molecule has 1 N–H and O–H groups in total. The van der Waals surface area contributed by atoms with Gasteiger partial charge in [-0.1, -0.05) is 19.1 Å². The van der Waals surface area contributed by atoms with Crippen LogP contribution in [0.25, 0.3) is 0 Å².